The van der Waals surface area contributed by atoms with Crippen LogP contribution in [0.1, 0.15) is 75.3 Å². The van der Waals surface area contributed by atoms with Gasteiger partial charge in [-0.05, 0) is 79.8 Å². The number of nitriles is 1. The van der Waals surface area contributed by atoms with Crippen molar-refractivity contribution in [2.24, 2.45) is 0 Å². The van der Waals surface area contributed by atoms with Crippen molar-refractivity contribution < 1.29 is 33.4 Å². The first kappa shape index (κ1) is 35.8. The van der Waals surface area contributed by atoms with Gasteiger partial charge >= 0.3 is 0 Å². The molecule has 0 saturated carbocycles. The number of carbonyl (C=O) groups excluding carboxylic acids is 3. The SMILES string of the molecule is CCCN(CCC)C(=O)c1cc(C)cc(C(=O)NC(Cc2cc(F)cc(F)c2)C(O)C(O)C(CC#N)NC(=O)c2ccccc2)c1. The highest BCUT2D eigenvalue weighted by Crippen LogP contribution is 2.18. The van der Waals surface area contributed by atoms with Crippen LogP contribution in [0.5, 0.6) is 0 Å². The normalized spacial score (nSPS) is 13.5. The van der Waals surface area contributed by atoms with Crippen molar-refractivity contribution in [3.05, 3.63) is 106 Å². The Balaban J connectivity index is 1.93. The summed E-state index contributed by atoms with van der Waals surface area (Å²) in [6.07, 6.45) is -2.77. The van der Waals surface area contributed by atoms with Crippen LogP contribution in [0.2, 0.25) is 0 Å². The van der Waals surface area contributed by atoms with E-state index in [-0.39, 0.29) is 35.4 Å². The van der Waals surface area contributed by atoms with Crippen molar-refractivity contribution in [2.75, 3.05) is 13.1 Å². The summed E-state index contributed by atoms with van der Waals surface area (Å²) in [6.45, 7) is 6.74. The van der Waals surface area contributed by atoms with Crippen LogP contribution in [0.3, 0.4) is 0 Å². The van der Waals surface area contributed by atoms with E-state index in [1.807, 2.05) is 19.9 Å². The molecule has 0 heterocycles. The highest BCUT2D eigenvalue weighted by atomic mass is 19.1. The van der Waals surface area contributed by atoms with E-state index in [2.05, 4.69) is 10.6 Å². The molecule has 3 rings (SSSR count). The molecule has 46 heavy (non-hydrogen) atoms. The fourth-order valence-electron chi connectivity index (χ4n) is 5.24. The number of amides is 3. The van der Waals surface area contributed by atoms with Gasteiger partial charge in [-0.1, -0.05) is 32.0 Å². The molecule has 0 saturated heterocycles. The summed E-state index contributed by atoms with van der Waals surface area (Å²) in [6, 6.07) is 14.7. The van der Waals surface area contributed by atoms with Gasteiger partial charge in [-0.15, -0.1) is 0 Å². The largest absolute Gasteiger partial charge is 0.388 e. The van der Waals surface area contributed by atoms with E-state index < -0.39 is 47.7 Å². The number of rotatable bonds is 15. The van der Waals surface area contributed by atoms with Crippen molar-refractivity contribution >= 4 is 17.7 Å². The fourth-order valence-corrected chi connectivity index (χ4v) is 5.24. The molecule has 0 radical (unpaired) electrons. The summed E-state index contributed by atoms with van der Waals surface area (Å²) in [4.78, 5) is 41.4. The Morgan fingerprint density at radius 3 is 1.93 bits per heavy atom. The lowest BCUT2D eigenvalue weighted by atomic mass is 9.92. The molecule has 0 aliphatic heterocycles. The lowest BCUT2D eigenvalue weighted by Gasteiger charge is -2.32. The molecule has 4 atom stereocenters. The van der Waals surface area contributed by atoms with Gasteiger partial charge in [-0.3, -0.25) is 14.4 Å². The Morgan fingerprint density at radius 1 is 0.804 bits per heavy atom. The van der Waals surface area contributed by atoms with Gasteiger partial charge in [-0.25, -0.2) is 8.78 Å². The third-order valence-electron chi connectivity index (χ3n) is 7.39. The highest BCUT2D eigenvalue weighted by Gasteiger charge is 2.35. The first-order chi connectivity index (χ1) is 22.0. The van der Waals surface area contributed by atoms with Gasteiger partial charge in [0.1, 0.15) is 23.8 Å². The molecule has 0 aliphatic rings. The summed E-state index contributed by atoms with van der Waals surface area (Å²) < 4.78 is 28.2. The number of benzene rings is 3. The third-order valence-corrected chi connectivity index (χ3v) is 7.39. The maximum absolute atomic E-state index is 14.1. The van der Waals surface area contributed by atoms with Crippen LogP contribution in [-0.2, 0) is 6.42 Å². The number of aliphatic hydroxyl groups excluding tert-OH is 2. The summed E-state index contributed by atoms with van der Waals surface area (Å²) in [5.41, 5.74) is 1.36. The second kappa shape index (κ2) is 17.1. The Labute approximate surface area is 267 Å². The van der Waals surface area contributed by atoms with Crippen LogP contribution in [0.25, 0.3) is 0 Å². The maximum Gasteiger partial charge on any atom is 0.253 e. The van der Waals surface area contributed by atoms with Gasteiger partial charge in [0.2, 0.25) is 0 Å². The Bertz CT molecular complexity index is 1520. The molecule has 3 aromatic carbocycles. The smallest absolute Gasteiger partial charge is 0.253 e. The summed E-state index contributed by atoms with van der Waals surface area (Å²) in [5, 5.41) is 37.2. The molecule has 0 aromatic heterocycles. The maximum atomic E-state index is 14.1. The molecular formula is C35H40F2N4O5. The molecule has 4 unspecified atom stereocenters. The van der Waals surface area contributed by atoms with Crippen LogP contribution < -0.4 is 10.6 Å². The number of hydrogen-bond acceptors (Lipinski definition) is 6. The van der Waals surface area contributed by atoms with Crippen molar-refractivity contribution in [1.82, 2.24) is 15.5 Å². The number of carbonyl (C=O) groups is 3. The quantitative estimate of drug-likeness (QED) is 0.196. The predicted molar refractivity (Wildman–Crippen MR) is 169 cm³/mol. The average Bonchev–Trinajstić information content (AvgIpc) is 3.02. The minimum atomic E-state index is -1.81. The number of aliphatic hydroxyl groups is 2. The van der Waals surface area contributed by atoms with E-state index in [0.29, 0.717) is 30.3 Å². The number of halogens is 2. The van der Waals surface area contributed by atoms with E-state index in [0.717, 1.165) is 25.0 Å². The standard InChI is InChI=1S/C35H40F2N4O5/c1-4-13-41(14-5-2)35(46)26-16-22(3)15-25(20-26)34(45)40-30(19-23-17-27(36)21-28(37)18-23)32(43)31(42)29(11-12-38)39-33(44)24-9-7-6-8-10-24/h6-10,15-18,20-21,29-32,42-43H,4-5,11,13-14,19H2,1-3H3,(H,39,44)(H,40,45). The molecule has 0 fully saturated rings. The first-order valence-corrected chi connectivity index (χ1v) is 15.2. The van der Waals surface area contributed by atoms with E-state index in [9.17, 15) is 38.6 Å². The first-order valence-electron chi connectivity index (χ1n) is 15.2. The van der Waals surface area contributed by atoms with E-state index in [4.69, 9.17) is 0 Å². The molecule has 3 amide bonds. The lowest BCUT2D eigenvalue weighted by molar-refractivity contribution is -0.0212. The Kier molecular flexibility index (Phi) is 13.4. The van der Waals surface area contributed by atoms with Crippen LogP contribution in [0.4, 0.5) is 8.78 Å². The Morgan fingerprint density at radius 2 is 1.35 bits per heavy atom. The molecule has 0 aliphatic carbocycles. The Hall–Kier alpha value is -4.66. The van der Waals surface area contributed by atoms with Gasteiger partial charge < -0.3 is 25.7 Å². The summed E-state index contributed by atoms with van der Waals surface area (Å²) in [7, 11) is 0. The third kappa shape index (κ3) is 9.92. The molecule has 0 spiro atoms. The molecule has 0 bridgehead atoms. The zero-order valence-electron chi connectivity index (χ0n) is 26.2. The van der Waals surface area contributed by atoms with E-state index >= 15 is 0 Å². The van der Waals surface area contributed by atoms with Gasteiger partial charge in [-0.2, -0.15) is 5.26 Å². The number of hydrogen-bond donors (Lipinski definition) is 4. The van der Waals surface area contributed by atoms with Gasteiger partial charge in [0.15, 0.2) is 0 Å². The van der Waals surface area contributed by atoms with Crippen LogP contribution in [0, 0.1) is 29.9 Å². The second-order valence-corrected chi connectivity index (χ2v) is 11.2. The minimum Gasteiger partial charge on any atom is -0.388 e. The van der Waals surface area contributed by atoms with Crippen LogP contribution in [0.15, 0.2) is 66.7 Å². The topological polar surface area (TPSA) is 143 Å². The summed E-state index contributed by atoms with van der Waals surface area (Å²) in [5.74, 6) is -3.31. The van der Waals surface area contributed by atoms with Crippen molar-refractivity contribution in [3.63, 3.8) is 0 Å². The van der Waals surface area contributed by atoms with E-state index in [1.54, 1.807) is 42.2 Å². The predicted octanol–water partition coefficient (Wildman–Crippen LogP) is 4.31. The number of aryl methyl sites for hydroxylation is 1. The zero-order chi connectivity index (χ0) is 33.8. The van der Waals surface area contributed by atoms with Crippen molar-refractivity contribution in [3.8, 4) is 6.07 Å². The monoisotopic (exact) mass is 634 g/mol. The molecule has 244 valence electrons. The molecular weight excluding hydrogens is 594 g/mol. The lowest BCUT2D eigenvalue weighted by Crippen LogP contribution is -2.56. The molecule has 9 nitrogen and oxygen atoms in total. The van der Waals surface area contributed by atoms with Gasteiger partial charge in [0, 0.05) is 35.8 Å². The number of nitrogens with one attached hydrogen (secondary N) is 2. The van der Waals surface area contributed by atoms with Crippen LogP contribution >= 0.6 is 0 Å². The second-order valence-electron chi connectivity index (χ2n) is 11.2. The summed E-state index contributed by atoms with van der Waals surface area (Å²) >= 11 is 0. The van der Waals surface area contributed by atoms with Gasteiger partial charge in [0.25, 0.3) is 17.7 Å². The molecule has 4 N–H and O–H groups in total. The zero-order valence-corrected chi connectivity index (χ0v) is 26.2. The van der Waals surface area contributed by atoms with Gasteiger partial charge in [0.05, 0.1) is 24.6 Å². The van der Waals surface area contributed by atoms with E-state index in [1.165, 1.54) is 18.2 Å². The fraction of sp³-hybridized carbons (Fsp3) is 0.371. The average molecular weight is 635 g/mol. The van der Waals surface area contributed by atoms with Crippen molar-refractivity contribution in [1.29, 1.82) is 5.26 Å². The molecule has 3 aromatic rings. The highest BCUT2D eigenvalue weighted by molar-refractivity contribution is 6.00. The molecule has 11 heteroatoms. The minimum absolute atomic E-state index is 0.0779. The van der Waals surface area contributed by atoms with Crippen LogP contribution in [-0.4, -0.2) is 70.2 Å². The number of nitrogens with zero attached hydrogens (tertiary/aromatic N) is 2. The van der Waals surface area contributed by atoms with Crippen molar-refractivity contribution in [2.45, 2.75) is 70.7 Å².